The molecular formula is C15H13F2NO. The average Bonchev–Trinajstić information content (AvgIpc) is 2.37. The van der Waals surface area contributed by atoms with E-state index in [1.54, 1.807) is 18.2 Å². The fourth-order valence-electron chi connectivity index (χ4n) is 1.83. The summed E-state index contributed by atoms with van der Waals surface area (Å²) in [5.74, 6) is -1.18. The summed E-state index contributed by atoms with van der Waals surface area (Å²) in [5.41, 5.74) is 1.33. The number of carbonyl (C=O) groups excluding carboxylic acids is 1. The number of nitrogens with one attached hydrogen (secondary N) is 1. The molecule has 0 aromatic heterocycles. The Morgan fingerprint density at radius 3 is 2.42 bits per heavy atom. The average molecular weight is 261 g/mol. The molecule has 19 heavy (non-hydrogen) atoms. The number of halogens is 2. The van der Waals surface area contributed by atoms with Crippen molar-refractivity contribution in [3.05, 3.63) is 65.2 Å². The van der Waals surface area contributed by atoms with Crippen LogP contribution in [0.4, 0.5) is 14.5 Å². The van der Waals surface area contributed by atoms with E-state index in [1.807, 2.05) is 0 Å². The van der Waals surface area contributed by atoms with Gasteiger partial charge in [0.15, 0.2) is 5.78 Å². The maximum Gasteiger partial charge on any atom is 0.164 e. The predicted octanol–water partition coefficient (Wildman–Crippen LogP) is 3.78. The number of carbonyl (C=O) groups is 1. The summed E-state index contributed by atoms with van der Waals surface area (Å²) in [7, 11) is 0. The Morgan fingerprint density at radius 1 is 1.11 bits per heavy atom. The molecule has 0 aliphatic carbocycles. The van der Waals surface area contributed by atoms with E-state index in [-0.39, 0.29) is 17.2 Å². The van der Waals surface area contributed by atoms with Crippen LogP contribution in [0.15, 0.2) is 42.5 Å². The van der Waals surface area contributed by atoms with E-state index in [1.165, 1.54) is 31.2 Å². The minimum atomic E-state index is -0.545. The molecule has 0 radical (unpaired) electrons. The highest BCUT2D eigenvalue weighted by atomic mass is 19.1. The van der Waals surface area contributed by atoms with Gasteiger partial charge in [-0.05, 0) is 36.8 Å². The first-order chi connectivity index (χ1) is 9.08. The third kappa shape index (κ3) is 3.16. The van der Waals surface area contributed by atoms with Crippen LogP contribution in [0.3, 0.4) is 0 Å². The maximum absolute atomic E-state index is 13.6. The third-order valence-corrected chi connectivity index (χ3v) is 2.76. The molecule has 0 fully saturated rings. The zero-order valence-corrected chi connectivity index (χ0v) is 10.4. The molecule has 4 heteroatoms. The Balaban J connectivity index is 2.18. The first-order valence-corrected chi connectivity index (χ1v) is 5.85. The first-order valence-electron chi connectivity index (χ1n) is 5.85. The first kappa shape index (κ1) is 13.2. The lowest BCUT2D eigenvalue weighted by Gasteiger charge is -2.11. The molecule has 1 N–H and O–H groups in total. The summed E-state index contributed by atoms with van der Waals surface area (Å²) in [6.45, 7) is 1.71. The van der Waals surface area contributed by atoms with E-state index >= 15 is 0 Å². The number of rotatable bonds is 4. The van der Waals surface area contributed by atoms with Crippen molar-refractivity contribution in [2.24, 2.45) is 0 Å². The Labute approximate surface area is 110 Å². The van der Waals surface area contributed by atoms with Crippen molar-refractivity contribution in [3.63, 3.8) is 0 Å². The largest absolute Gasteiger partial charge is 0.380 e. The van der Waals surface area contributed by atoms with E-state index in [9.17, 15) is 13.6 Å². The van der Waals surface area contributed by atoms with Gasteiger partial charge in [0.25, 0.3) is 0 Å². The summed E-state index contributed by atoms with van der Waals surface area (Å²) in [6.07, 6.45) is 0. The van der Waals surface area contributed by atoms with Crippen molar-refractivity contribution in [2.75, 3.05) is 5.32 Å². The maximum atomic E-state index is 13.6. The Bertz CT molecular complexity index is 594. The lowest BCUT2D eigenvalue weighted by molar-refractivity contribution is 0.101. The summed E-state index contributed by atoms with van der Waals surface area (Å²) in [6, 6.07) is 10.4. The minimum absolute atomic E-state index is 0.0459. The molecule has 0 spiro atoms. The number of Topliss-reactive ketones (excluding diaryl/α,β-unsaturated/α-hetero) is 1. The fourth-order valence-corrected chi connectivity index (χ4v) is 1.83. The highest BCUT2D eigenvalue weighted by Gasteiger charge is 2.12. The molecule has 98 valence electrons. The number of anilines is 1. The van der Waals surface area contributed by atoms with Crippen molar-refractivity contribution in [1.82, 2.24) is 0 Å². The molecule has 2 aromatic rings. The van der Waals surface area contributed by atoms with E-state index in [2.05, 4.69) is 5.32 Å². The van der Waals surface area contributed by atoms with Crippen molar-refractivity contribution in [2.45, 2.75) is 13.5 Å². The Kier molecular flexibility index (Phi) is 3.90. The van der Waals surface area contributed by atoms with Gasteiger partial charge < -0.3 is 5.32 Å². The number of hydrogen-bond donors (Lipinski definition) is 1. The van der Waals surface area contributed by atoms with Crippen LogP contribution in [-0.4, -0.2) is 5.78 Å². The van der Waals surface area contributed by atoms with E-state index in [4.69, 9.17) is 0 Å². The highest BCUT2D eigenvalue weighted by Crippen LogP contribution is 2.20. The number of hydrogen-bond acceptors (Lipinski definition) is 2. The molecule has 0 heterocycles. The molecule has 2 aromatic carbocycles. The third-order valence-electron chi connectivity index (χ3n) is 2.76. The molecule has 0 aliphatic heterocycles. The topological polar surface area (TPSA) is 29.1 Å². The fraction of sp³-hybridized carbons (Fsp3) is 0.133. The van der Waals surface area contributed by atoms with Crippen molar-refractivity contribution < 1.29 is 13.6 Å². The van der Waals surface area contributed by atoms with Crippen LogP contribution in [0.25, 0.3) is 0 Å². The molecule has 0 saturated heterocycles. The normalized spacial score (nSPS) is 10.3. The molecule has 2 nitrogen and oxygen atoms in total. The zero-order valence-electron chi connectivity index (χ0n) is 10.4. The van der Waals surface area contributed by atoms with Gasteiger partial charge in [-0.25, -0.2) is 8.78 Å². The zero-order chi connectivity index (χ0) is 13.8. The van der Waals surface area contributed by atoms with Gasteiger partial charge in [-0.1, -0.05) is 18.2 Å². The second-order valence-corrected chi connectivity index (χ2v) is 4.20. The molecule has 2 rings (SSSR count). The van der Waals surface area contributed by atoms with Gasteiger partial charge in [0.2, 0.25) is 0 Å². The summed E-state index contributed by atoms with van der Waals surface area (Å²) >= 11 is 0. The van der Waals surface area contributed by atoms with Gasteiger partial charge >= 0.3 is 0 Å². The van der Waals surface area contributed by atoms with E-state index < -0.39 is 5.82 Å². The quantitative estimate of drug-likeness (QED) is 0.848. The van der Waals surface area contributed by atoms with Crippen molar-refractivity contribution in [1.29, 1.82) is 0 Å². The monoisotopic (exact) mass is 261 g/mol. The lowest BCUT2D eigenvalue weighted by atomic mass is 10.1. The van der Waals surface area contributed by atoms with Gasteiger partial charge in [-0.2, -0.15) is 0 Å². The van der Waals surface area contributed by atoms with Crippen LogP contribution in [0.2, 0.25) is 0 Å². The number of benzene rings is 2. The SMILES string of the molecule is CC(=O)c1c(F)cccc1NCc1ccc(F)cc1. The number of ketones is 1. The summed E-state index contributed by atoms with van der Waals surface area (Å²) in [5, 5.41) is 2.99. The molecule has 0 amide bonds. The Morgan fingerprint density at radius 2 is 1.79 bits per heavy atom. The molecule has 0 saturated carbocycles. The summed E-state index contributed by atoms with van der Waals surface area (Å²) in [4.78, 5) is 11.4. The molecule has 0 aliphatic rings. The Hall–Kier alpha value is -2.23. The van der Waals surface area contributed by atoms with Crippen molar-refractivity contribution >= 4 is 11.5 Å². The molecular weight excluding hydrogens is 248 g/mol. The smallest absolute Gasteiger partial charge is 0.164 e. The van der Waals surface area contributed by atoms with Gasteiger partial charge in [0.05, 0.1) is 5.56 Å². The second-order valence-electron chi connectivity index (χ2n) is 4.20. The van der Waals surface area contributed by atoms with Gasteiger partial charge in [0, 0.05) is 12.2 Å². The predicted molar refractivity (Wildman–Crippen MR) is 70.1 cm³/mol. The molecule has 0 bridgehead atoms. The van der Waals surface area contributed by atoms with Gasteiger partial charge in [0.1, 0.15) is 11.6 Å². The van der Waals surface area contributed by atoms with Crippen LogP contribution < -0.4 is 5.32 Å². The van der Waals surface area contributed by atoms with E-state index in [0.29, 0.717) is 12.2 Å². The van der Waals surface area contributed by atoms with Crippen LogP contribution in [0.1, 0.15) is 22.8 Å². The standard InChI is InChI=1S/C15H13F2NO/c1-10(19)15-13(17)3-2-4-14(15)18-9-11-5-7-12(16)8-6-11/h2-8,18H,9H2,1H3. The van der Waals surface area contributed by atoms with Crippen LogP contribution in [-0.2, 0) is 6.54 Å². The van der Waals surface area contributed by atoms with Crippen LogP contribution in [0, 0.1) is 11.6 Å². The van der Waals surface area contributed by atoms with Crippen LogP contribution in [0.5, 0.6) is 0 Å². The minimum Gasteiger partial charge on any atom is -0.380 e. The molecule has 0 unspecified atom stereocenters. The van der Waals surface area contributed by atoms with Crippen molar-refractivity contribution in [3.8, 4) is 0 Å². The second kappa shape index (κ2) is 5.61. The highest BCUT2D eigenvalue weighted by molar-refractivity contribution is 5.99. The van der Waals surface area contributed by atoms with Gasteiger partial charge in [-0.3, -0.25) is 4.79 Å². The lowest BCUT2D eigenvalue weighted by Crippen LogP contribution is -2.07. The van der Waals surface area contributed by atoms with E-state index in [0.717, 1.165) is 5.56 Å². The van der Waals surface area contributed by atoms with Crippen LogP contribution >= 0.6 is 0 Å². The summed E-state index contributed by atoms with van der Waals surface area (Å²) < 4.78 is 26.3. The van der Waals surface area contributed by atoms with Gasteiger partial charge in [-0.15, -0.1) is 0 Å². The molecule has 0 atom stereocenters.